The lowest BCUT2D eigenvalue weighted by atomic mass is 10.2. The van der Waals surface area contributed by atoms with Crippen molar-refractivity contribution in [1.29, 1.82) is 0 Å². The molecule has 0 saturated carbocycles. The summed E-state index contributed by atoms with van der Waals surface area (Å²) in [6.45, 7) is 1.42. The monoisotopic (exact) mass is 482 g/mol. The Bertz CT molecular complexity index is 998. The lowest BCUT2D eigenvalue weighted by Gasteiger charge is -2.25. The molecule has 1 unspecified atom stereocenters. The summed E-state index contributed by atoms with van der Waals surface area (Å²) in [5.41, 5.74) is 0.746. The smallest absolute Gasteiger partial charge is 0.404 e. The second kappa shape index (κ2) is 8.92. The van der Waals surface area contributed by atoms with Gasteiger partial charge in [0, 0.05) is 48.3 Å². The van der Waals surface area contributed by atoms with Crippen molar-refractivity contribution in [2.45, 2.75) is 30.3 Å². The molecule has 0 radical (unpaired) electrons. The minimum atomic E-state index is -5.00. The van der Waals surface area contributed by atoms with Crippen LogP contribution in [0.5, 0.6) is 5.75 Å². The second-order valence-electron chi connectivity index (χ2n) is 6.89. The van der Waals surface area contributed by atoms with Gasteiger partial charge < -0.3 is 4.74 Å². The van der Waals surface area contributed by atoms with Gasteiger partial charge in [0.25, 0.3) is 0 Å². The van der Waals surface area contributed by atoms with Crippen molar-refractivity contribution >= 4 is 33.2 Å². The van der Waals surface area contributed by atoms with Crippen LogP contribution in [0.4, 0.5) is 13.2 Å². The summed E-state index contributed by atoms with van der Waals surface area (Å²) in [5.74, 6) is -0.755. The number of hydrogen-bond acceptors (Lipinski definition) is 4. The van der Waals surface area contributed by atoms with E-state index in [0.717, 1.165) is 22.0 Å². The molecule has 1 atom stereocenters. The molecule has 1 heterocycles. The molecule has 5 nitrogen and oxygen atoms in total. The molecular formula is C19H19Cl2F3N2O3S. The Labute approximate surface area is 183 Å². The van der Waals surface area contributed by atoms with Crippen LogP contribution >= 0.6 is 23.2 Å². The zero-order valence-electron chi connectivity index (χ0n) is 15.9. The van der Waals surface area contributed by atoms with E-state index in [1.807, 2.05) is 4.90 Å². The fraction of sp³-hybridized carbons (Fsp3) is 0.368. The summed E-state index contributed by atoms with van der Waals surface area (Å²) in [5, 5.41) is 1.04. The maximum Gasteiger partial charge on any atom is 0.573 e. The molecule has 0 spiro atoms. The topological polar surface area (TPSA) is 49.9 Å². The molecule has 0 bridgehead atoms. The Morgan fingerprint density at radius 2 is 1.77 bits per heavy atom. The van der Waals surface area contributed by atoms with E-state index in [9.17, 15) is 21.6 Å². The van der Waals surface area contributed by atoms with E-state index in [1.165, 1.54) is 19.2 Å². The van der Waals surface area contributed by atoms with E-state index >= 15 is 0 Å². The number of sulfonamides is 1. The summed E-state index contributed by atoms with van der Waals surface area (Å²) in [6.07, 6.45) is -4.48. The number of nitrogens with zero attached hydrogens (tertiary/aromatic N) is 2. The normalized spacial score (nSPS) is 18.2. The molecule has 1 aliphatic rings. The third kappa shape index (κ3) is 5.20. The van der Waals surface area contributed by atoms with Gasteiger partial charge in [-0.05, 0) is 30.7 Å². The van der Waals surface area contributed by atoms with E-state index in [-0.39, 0.29) is 0 Å². The Balaban J connectivity index is 1.77. The largest absolute Gasteiger partial charge is 0.573 e. The number of alkyl halides is 3. The van der Waals surface area contributed by atoms with Crippen LogP contribution in [0.1, 0.15) is 12.0 Å². The summed E-state index contributed by atoms with van der Waals surface area (Å²) in [6, 6.07) is 9.49. The highest BCUT2D eigenvalue weighted by Gasteiger charge is 2.38. The average Bonchev–Trinajstić information content (AvgIpc) is 3.12. The number of rotatable bonds is 6. The molecule has 0 aromatic heterocycles. The number of halogens is 5. The van der Waals surface area contributed by atoms with Gasteiger partial charge in [-0.1, -0.05) is 41.4 Å². The zero-order chi connectivity index (χ0) is 22.1. The average molecular weight is 483 g/mol. The van der Waals surface area contributed by atoms with E-state index < -0.39 is 33.1 Å². The Kier molecular flexibility index (Phi) is 6.88. The van der Waals surface area contributed by atoms with Crippen LogP contribution in [-0.4, -0.2) is 50.2 Å². The van der Waals surface area contributed by atoms with E-state index in [2.05, 4.69) is 4.74 Å². The first-order valence-corrected chi connectivity index (χ1v) is 11.2. The van der Waals surface area contributed by atoms with Gasteiger partial charge in [0.05, 0.1) is 0 Å². The predicted octanol–water partition coefficient (Wildman–Crippen LogP) is 4.79. The number of ether oxygens (including phenoxy) is 1. The fourth-order valence-electron chi connectivity index (χ4n) is 3.38. The minimum absolute atomic E-state index is 0.388. The van der Waals surface area contributed by atoms with Crippen LogP contribution in [0.3, 0.4) is 0 Å². The SMILES string of the molecule is CN(C1CCN(Cc2c(Cl)cccc2Cl)C1)S(=O)(=O)c1ccccc1OC(F)(F)F. The van der Waals surface area contributed by atoms with Crippen molar-refractivity contribution in [2.24, 2.45) is 0 Å². The van der Waals surface area contributed by atoms with Crippen LogP contribution in [0.2, 0.25) is 10.0 Å². The molecule has 0 aliphatic carbocycles. The van der Waals surface area contributed by atoms with Crippen molar-refractivity contribution in [2.75, 3.05) is 20.1 Å². The predicted molar refractivity (Wildman–Crippen MR) is 108 cm³/mol. The van der Waals surface area contributed by atoms with Gasteiger partial charge in [0.15, 0.2) is 0 Å². The highest BCUT2D eigenvalue weighted by molar-refractivity contribution is 7.89. The molecule has 164 valence electrons. The van der Waals surface area contributed by atoms with Gasteiger partial charge in [0.2, 0.25) is 10.0 Å². The maximum atomic E-state index is 13.0. The summed E-state index contributed by atoms with van der Waals surface area (Å²) in [7, 11) is -2.85. The fourth-order valence-corrected chi connectivity index (χ4v) is 5.39. The van der Waals surface area contributed by atoms with E-state index in [1.54, 1.807) is 18.2 Å². The van der Waals surface area contributed by atoms with Crippen molar-refractivity contribution in [3.05, 3.63) is 58.1 Å². The minimum Gasteiger partial charge on any atom is -0.404 e. The number of hydrogen-bond donors (Lipinski definition) is 0. The zero-order valence-corrected chi connectivity index (χ0v) is 18.2. The summed E-state index contributed by atoms with van der Waals surface area (Å²) >= 11 is 12.4. The molecule has 1 fully saturated rings. The lowest BCUT2D eigenvalue weighted by molar-refractivity contribution is -0.275. The number of likely N-dealkylation sites (tertiary alicyclic amines) is 1. The molecule has 1 aliphatic heterocycles. The first-order valence-electron chi connectivity index (χ1n) is 8.97. The molecular weight excluding hydrogens is 464 g/mol. The van der Waals surface area contributed by atoms with Crippen LogP contribution in [0.15, 0.2) is 47.4 Å². The molecule has 1 saturated heterocycles. The van der Waals surface area contributed by atoms with Gasteiger partial charge in [0.1, 0.15) is 10.6 Å². The van der Waals surface area contributed by atoms with Crippen LogP contribution in [0, 0.1) is 0 Å². The first-order chi connectivity index (χ1) is 14.0. The second-order valence-corrected chi connectivity index (χ2v) is 9.67. The quantitative estimate of drug-likeness (QED) is 0.593. The van der Waals surface area contributed by atoms with Crippen LogP contribution in [0.25, 0.3) is 0 Å². The number of likely N-dealkylation sites (N-methyl/N-ethyl adjacent to an activating group) is 1. The molecule has 0 amide bonds. The van der Waals surface area contributed by atoms with Gasteiger partial charge in [-0.25, -0.2) is 8.42 Å². The van der Waals surface area contributed by atoms with E-state index in [0.29, 0.717) is 36.1 Å². The lowest BCUT2D eigenvalue weighted by Crippen LogP contribution is -2.39. The van der Waals surface area contributed by atoms with Crippen molar-refractivity contribution < 1.29 is 26.3 Å². The van der Waals surface area contributed by atoms with Crippen molar-refractivity contribution in [1.82, 2.24) is 9.21 Å². The molecule has 2 aromatic rings. The molecule has 11 heteroatoms. The number of para-hydroxylation sites is 1. The Morgan fingerprint density at radius 1 is 1.13 bits per heavy atom. The maximum absolute atomic E-state index is 13.0. The standard InChI is InChI=1S/C19H19Cl2F3N2O3S/c1-25(30(27,28)18-8-3-2-7-17(18)29-19(22,23)24)13-9-10-26(11-13)12-14-15(20)5-4-6-16(14)21/h2-8,13H,9-12H2,1H3. The summed E-state index contributed by atoms with van der Waals surface area (Å²) < 4.78 is 69.1. The van der Waals surface area contributed by atoms with Crippen molar-refractivity contribution in [3.63, 3.8) is 0 Å². The third-order valence-electron chi connectivity index (χ3n) is 4.94. The highest BCUT2D eigenvalue weighted by Crippen LogP contribution is 2.33. The third-order valence-corrected chi connectivity index (χ3v) is 7.59. The van der Waals surface area contributed by atoms with Crippen LogP contribution in [-0.2, 0) is 16.6 Å². The van der Waals surface area contributed by atoms with Gasteiger partial charge in [-0.3, -0.25) is 4.90 Å². The first kappa shape index (κ1) is 23.1. The molecule has 30 heavy (non-hydrogen) atoms. The Morgan fingerprint density at radius 3 is 2.40 bits per heavy atom. The molecule has 3 rings (SSSR count). The highest BCUT2D eigenvalue weighted by atomic mass is 35.5. The van der Waals surface area contributed by atoms with Crippen molar-refractivity contribution in [3.8, 4) is 5.75 Å². The van der Waals surface area contributed by atoms with Gasteiger partial charge in [-0.2, -0.15) is 4.31 Å². The Hall–Kier alpha value is -1.52. The molecule has 0 N–H and O–H groups in total. The van der Waals surface area contributed by atoms with Gasteiger partial charge in [-0.15, -0.1) is 13.2 Å². The molecule has 2 aromatic carbocycles. The van der Waals surface area contributed by atoms with Gasteiger partial charge >= 0.3 is 6.36 Å². The van der Waals surface area contributed by atoms with E-state index in [4.69, 9.17) is 23.2 Å². The summed E-state index contributed by atoms with van der Waals surface area (Å²) in [4.78, 5) is 1.47. The number of benzene rings is 2. The van der Waals surface area contributed by atoms with Crippen LogP contribution < -0.4 is 4.74 Å².